The van der Waals surface area contributed by atoms with E-state index in [0.29, 0.717) is 10.6 Å². The van der Waals surface area contributed by atoms with Crippen LogP contribution in [-0.2, 0) is 26.2 Å². The number of aryl methyl sites for hydroxylation is 1. The molecule has 1 N–H and O–H groups in total. The van der Waals surface area contributed by atoms with E-state index in [1.165, 1.54) is 6.07 Å². The summed E-state index contributed by atoms with van der Waals surface area (Å²) in [5.74, 6) is -0.736. The minimum Gasteiger partial charge on any atom is -0.367 e. The molecule has 0 aliphatic heterocycles. The summed E-state index contributed by atoms with van der Waals surface area (Å²) in [5, 5.41) is 0.528. The predicted molar refractivity (Wildman–Crippen MR) is 87.6 cm³/mol. The van der Waals surface area contributed by atoms with Crippen LogP contribution in [0.3, 0.4) is 0 Å². The minimum atomic E-state index is -3.90. The number of rotatable bonds is 6. The van der Waals surface area contributed by atoms with Gasteiger partial charge in [-0.05, 0) is 30.2 Å². The second-order valence-electron chi connectivity index (χ2n) is 4.88. The van der Waals surface area contributed by atoms with Gasteiger partial charge in [0.25, 0.3) is 15.9 Å². The molecule has 0 aliphatic carbocycles. The fraction of sp³-hybridized carbons (Fsp3) is 0.188. The van der Waals surface area contributed by atoms with E-state index in [9.17, 15) is 13.2 Å². The molecule has 1 amide bonds. The molecule has 0 bridgehead atoms. The summed E-state index contributed by atoms with van der Waals surface area (Å²) in [7, 11) is -3.90. The first-order valence-electron chi connectivity index (χ1n) is 6.82. The maximum Gasteiger partial charge on any atom is 0.264 e. The molecule has 122 valence electrons. The molecule has 2 aromatic rings. The van der Waals surface area contributed by atoms with Crippen molar-refractivity contribution in [1.82, 2.24) is 4.72 Å². The van der Waals surface area contributed by atoms with Crippen molar-refractivity contribution in [3.63, 3.8) is 0 Å². The predicted octanol–water partition coefficient (Wildman–Crippen LogP) is 2.67. The summed E-state index contributed by atoms with van der Waals surface area (Å²) in [6, 6.07) is 13.5. The third-order valence-electron chi connectivity index (χ3n) is 3.08. The molecule has 0 heterocycles. The van der Waals surface area contributed by atoms with Gasteiger partial charge in [-0.2, -0.15) is 0 Å². The van der Waals surface area contributed by atoms with Crippen molar-refractivity contribution in [2.24, 2.45) is 0 Å². The summed E-state index contributed by atoms with van der Waals surface area (Å²) in [4.78, 5) is 11.8. The smallest absolute Gasteiger partial charge is 0.264 e. The van der Waals surface area contributed by atoms with E-state index in [0.717, 1.165) is 5.56 Å². The zero-order chi connectivity index (χ0) is 16.9. The van der Waals surface area contributed by atoms with Crippen LogP contribution in [0, 0.1) is 6.92 Å². The summed E-state index contributed by atoms with van der Waals surface area (Å²) in [5.41, 5.74) is 1.29. The molecule has 2 rings (SSSR count). The lowest BCUT2D eigenvalue weighted by Crippen LogP contribution is -2.33. The Morgan fingerprint density at radius 3 is 2.48 bits per heavy atom. The molecule has 0 aliphatic rings. The van der Waals surface area contributed by atoms with Crippen LogP contribution in [-0.4, -0.2) is 20.9 Å². The first-order chi connectivity index (χ1) is 10.9. The van der Waals surface area contributed by atoms with E-state index in [4.69, 9.17) is 16.3 Å². The van der Waals surface area contributed by atoms with Crippen LogP contribution < -0.4 is 4.72 Å². The highest BCUT2D eigenvalue weighted by Gasteiger charge is 2.19. The number of benzene rings is 2. The van der Waals surface area contributed by atoms with Gasteiger partial charge in [0.05, 0.1) is 11.5 Å². The number of sulfonamides is 1. The van der Waals surface area contributed by atoms with Crippen molar-refractivity contribution < 1.29 is 17.9 Å². The van der Waals surface area contributed by atoms with Crippen LogP contribution in [0.1, 0.15) is 11.1 Å². The molecule has 7 heteroatoms. The Morgan fingerprint density at radius 2 is 1.78 bits per heavy atom. The molecule has 2 aromatic carbocycles. The highest BCUT2D eigenvalue weighted by Crippen LogP contribution is 2.16. The number of hydrogen-bond donors (Lipinski definition) is 1. The van der Waals surface area contributed by atoms with Gasteiger partial charge >= 0.3 is 0 Å². The van der Waals surface area contributed by atoms with Crippen molar-refractivity contribution >= 4 is 27.5 Å². The molecule has 0 radical (unpaired) electrons. The molecule has 0 spiro atoms. The van der Waals surface area contributed by atoms with Gasteiger partial charge < -0.3 is 4.74 Å². The average molecular weight is 354 g/mol. The van der Waals surface area contributed by atoms with Crippen LogP contribution in [0.2, 0.25) is 5.02 Å². The molecule has 0 atom stereocenters. The molecule has 0 fully saturated rings. The second-order valence-corrected chi connectivity index (χ2v) is 6.94. The molecule has 0 unspecified atom stereocenters. The molecule has 0 saturated carbocycles. The van der Waals surface area contributed by atoms with Gasteiger partial charge in [0.15, 0.2) is 0 Å². The Balaban J connectivity index is 1.92. The number of carbonyl (C=O) groups is 1. The number of halogens is 1. The molecular formula is C16H16ClNO4S. The van der Waals surface area contributed by atoms with Gasteiger partial charge in [-0.15, -0.1) is 0 Å². The van der Waals surface area contributed by atoms with Crippen LogP contribution in [0.15, 0.2) is 53.4 Å². The van der Waals surface area contributed by atoms with E-state index in [2.05, 4.69) is 0 Å². The first-order valence-corrected chi connectivity index (χ1v) is 8.68. The average Bonchev–Trinajstić information content (AvgIpc) is 2.49. The fourth-order valence-electron chi connectivity index (χ4n) is 1.96. The number of hydrogen-bond acceptors (Lipinski definition) is 4. The van der Waals surface area contributed by atoms with E-state index in [1.54, 1.807) is 49.4 Å². The molecule has 5 nitrogen and oxygen atoms in total. The normalized spacial score (nSPS) is 11.2. The first kappa shape index (κ1) is 17.5. The fourth-order valence-corrected chi connectivity index (χ4v) is 3.37. The quantitative estimate of drug-likeness (QED) is 0.866. The van der Waals surface area contributed by atoms with Crippen molar-refractivity contribution in [3.8, 4) is 0 Å². The standard InChI is InChI=1S/C16H16ClNO4S/c1-12-6-2-5-9-15(12)23(20,21)18-16(19)11-22-10-13-7-3-4-8-14(13)17/h2-9H,10-11H2,1H3,(H,18,19). The van der Waals surface area contributed by atoms with Gasteiger partial charge in [0.1, 0.15) is 6.61 Å². The molecule has 23 heavy (non-hydrogen) atoms. The van der Waals surface area contributed by atoms with Gasteiger partial charge in [-0.3, -0.25) is 4.79 Å². The number of carbonyl (C=O) groups excluding carboxylic acids is 1. The van der Waals surface area contributed by atoms with E-state index in [-0.39, 0.29) is 18.1 Å². The zero-order valence-electron chi connectivity index (χ0n) is 12.5. The van der Waals surface area contributed by atoms with Gasteiger partial charge in [-0.25, -0.2) is 13.1 Å². The van der Waals surface area contributed by atoms with Crippen LogP contribution in [0.4, 0.5) is 0 Å². The summed E-state index contributed by atoms with van der Waals surface area (Å²) >= 11 is 5.97. The molecular weight excluding hydrogens is 338 g/mol. The third kappa shape index (κ3) is 4.79. The maximum absolute atomic E-state index is 12.1. The number of amides is 1. The van der Waals surface area contributed by atoms with Crippen molar-refractivity contribution in [3.05, 3.63) is 64.7 Å². The van der Waals surface area contributed by atoms with Crippen molar-refractivity contribution in [2.75, 3.05) is 6.61 Å². The largest absolute Gasteiger partial charge is 0.367 e. The maximum atomic E-state index is 12.1. The van der Waals surface area contributed by atoms with Gasteiger partial charge in [0, 0.05) is 5.02 Å². The Bertz CT molecular complexity index is 805. The highest BCUT2D eigenvalue weighted by molar-refractivity contribution is 7.90. The lowest BCUT2D eigenvalue weighted by atomic mass is 10.2. The minimum absolute atomic E-state index is 0.0689. The lowest BCUT2D eigenvalue weighted by molar-refractivity contribution is -0.124. The van der Waals surface area contributed by atoms with Crippen molar-refractivity contribution in [1.29, 1.82) is 0 Å². The SMILES string of the molecule is Cc1ccccc1S(=O)(=O)NC(=O)COCc1ccccc1Cl. The van der Waals surface area contributed by atoms with E-state index < -0.39 is 15.9 Å². The Kier molecular flexibility index (Phi) is 5.76. The van der Waals surface area contributed by atoms with Crippen LogP contribution in [0.5, 0.6) is 0 Å². The van der Waals surface area contributed by atoms with Gasteiger partial charge in [0.2, 0.25) is 0 Å². The monoisotopic (exact) mass is 353 g/mol. The van der Waals surface area contributed by atoms with Crippen LogP contribution in [0.25, 0.3) is 0 Å². The molecule has 0 aromatic heterocycles. The number of nitrogens with one attached hydrogen (secondary N) is 1. The van der Waals surface area contributed by atoms with Crippen molar-refractivity contribution in [2.45, 2.75) is 18.4 Å². The third-order valence-corrected chi connectivity index (χ3v) is 4.98. The Morgan fingerprint density at radius 1 is 1.13 bits per heavy atom. The summed E-state index contributed by atoms with van der Waals surface area (Å²) in [6.45, 7) is 1.40. The second kappa shape index (κ2) is 7.59. The van der Waals surface area contributed by atoms with Crippen LogP contribution >= 0.6 is 11.6 Å². The zero-order valence-corrected chi connectivity index (χ0v) is 14.0. The molecule has 0 saturated heterocycles. The Labute approximate surface area is 140 Å². The lowest BCUT2D eigenvalue weighted by Gasteiger charge is -2.10. The summed E-state index contributed by atoms with van der Waals surface area (Å²) < 4.78 is 31.5. The van der Waals surface area contributed by atoms with Gasteiger partial charge in [-0.1, -0.05) is 48.0 Å². The Hall–Kier alpha value is -1.89. The topological polar surface area (TPSA) is 72.5 Å². The number of ether oxygens (including phenoxy) is 1. The van der Waals surface area contributed by atoms with E-state index in [1.807, 2.05) is 4.72 Å². The summed E-state index contributed by atoms with van der Waals surface area (Å²) in [6.07, 6.45) is 0. The van der Waals surface area contributed by atoms with E-state index >= 15 is 0 Å². The highest BCUT2D eigenvalue weighted by atomic mass is 35.5.